The minimum absolute atomic E-state index is 0.0235. The number of fused-ring (bicyclic) bond motifs is 1. The standard InChI is InChI=1S/C29H33NO4/c31-25-16-26-28(33-19-23-12-6-2-7-13-23)29(34-20-24-14-8-3-9-15-24)27(30(26)17-25)21-32-18-22-10-4-1-5-11-22/h1-15,25-29,31H,16-21H2/t25-,26+,27+,28+,29+/m1/s1. The molecule has 3 aromatic rings. The summed E-state index contributed by atoms with van der Waals surface area (Å²) in [6.07, 6.45) is 0.0722. The van der Waals surface area contributed by atoms with E-state index >= 15 is 0 Å². The van der Waals surface area contributed by atoms with Gasteiger partial charge in [-0.2, -0.15) is 0 Å². The van der Waals surface area contributed by atoms with Crippen molar-refractivity contribution in [2.75, 3.05) is 13.2 Å². The Kier molecular flexibility index (Phi) is 7.69. The average molecular weight is 460 g/mol. The Labute approximate surface area is 201 Å². The van der Waals surface area contributed by atoms with Crippen LogP contribution >= 0.6 is 0 Å². The van der Waals surface area contributed by atoms with E-state index < -0.39 is 0 Å². The molecule has 1 N–H and O–H groups in total. The molecular formula is C29H33NO4. The Bertz CT molecular complexity index is 1000. The van der Waals surface area contributed by atoms with E-state index in [1.807, 2.05) is 54.6 Å². The van der Waals surface area contributed by atoms with Crippen molar-refractivity contribution in [1.82, 2.24) is 4.90 Å². The predicted octanol–water partition coefficient (Wildman–Crippen LogP) is 4.19. The lowest BCUT2D eigenvalue weighted by molar-refractivity contribution is -0.0901. The van der Waals surface area contributed by atoms with E-state index in [2.05, 4.69) is 41.3 Å². The minimum Gasteiger partial charge on any atom is -0.392 e. The summed E-state index contributed by atoms with van der Waals surface area (Å²) in [6.45, 7) is 2.76. The number of benzene rings is 3. The highest BCUT2D eigenvalue weighted by molar-refractivity contribution is 5.16. The van der Waals surface area contributed by atoms with Gasteiger partial charge in [-0.25, -0.2) is 0 Å². The Hall–Kier alpha value is -2.54. The summed E-state index contributed by atoms with van der Waals surface area (Å²) in [4.78, 5) is 2.35. The predicted molar refractivity (Wildman–Crippen MR) is 131 cm³/mol. The summed E-state index contributed by atoms with van der Waals surface area (Å²) in [5.74, 6) is 0. The third-order valence-corrected chi connectivity index (χ3v) is 6.84. The lowest BCUT2D eigenvalue weighted by atomic mass is 10.0. The van der Waals surface area contributed by atoms with Crippen LogP contribution in [0.1, 0.15) is 23.1 Å². The van der Waals surface area contributed by atoms with Gasteiger partial charge in [0.25, 0.3) is 0 Å². The van der Waals surface area contributed by atoms with Gasteiger partial charge < -0.3 is 19.3 Å². The van der Waals surface area contributed by atoms with Crippen molar-refractivity contribution >= 4 is 0 Å². The molecule has 5 rings (SSSR count). The molecule has 0 saturated carbocycles. The number of hydrogen-bond acceptors (Lipinski definition) is 5. The van der Waals surface area contributed by atoms with Crippen LogP contribution in [0.4, 0.5) is 0 Å². The molecule has 2 aliphatic rings. The van der Waals surface area contributed by atoms with Crippen LogP contribution in [0.3, 0.4) is 0 Å². The molecule has 0 bridgehead atoms. The van der Waals surface area contributed by atoms with Crippen molar-refractivity contribution in [2.45, 2.75) is 56.6 Å². The average Bonchev–Trinajstić information content (AvgIpc) is 3.38. The Morgan fingerprint density at radius 2 is 1.18 bits per heavy atom. The number of nitrogens with zero attached hydrogens (tertiary/aromatic N) is 1. The maximum atomic E-state index is 10.5. The van der Waals surface area contributed by atoms with Crippen LogP contribution in [-0.4, -0.2) is 53.6 Å². The second-order valence-corrected chi connectivity index (χ2v) is 9.24. The van der Waals surface area contributed by atoms with Gasteiger partial charge in [0, 0.05) is 12.6 Å². The van der Waals surface area contributed by atoms with Gasteiger partial charge in [-0.15, -0.1) is 0 Å². The fraction of sp³-hybridized carbons (Fsp3) is 0.379. The molecular weight excluding hydrogens is 426 g/mol. The zero-order chi connectivity index (χ0) is 23.2. The fourth-order valence-electron chi connectivity index (χ4n) is 5.21. The molecule has 0 unspecified atom stereocenters. The molecule has 2 aliphatic heterocycles. The summed E-state index contributed by atoms with van der Waals surface area (Å²) >= 11 is 0. The van der Waals surface area contributed by atoms with Crippen LogP contribution in [0.25, 0.3) is 0 Å². The highest BCUT2D eigenvalue weighted by Crippen LogP contribution is 2.38. The first-order valence-electron chi connectivity index (χ1n) is 12.1. The molecule has 0 amide bonds. The maximum absolute atomic E-state index is 10.5. The Morgan fingerprint density at radius 1 is 0.676 bits per heavy atom. The van der Waals surface area contributed by atoms with Crippen molar-refractivity contribution < 1.29 is 19.3 Å². The quantitative estimate of drug-likeness (QED) is 0.493. The van der Waals surface area contributed by atoms with Crippen LogP contribution in [0.15, 0.2) is 91.0 Å². The first kappa shape index (κ1) is 23.2. The van der Waals surface area contributed by atoms with Gasteiger partial charge in [0.1, 0.15) is 12.2 Å². The van der Waals surface area contributed by atoms with E-state index in [0.717, 1.165) is 16.7 Å². The number of aliphatic hydroxyl groups excluding tert-OH is 1. The first-order chi connectivity index (χ1) is 16.8. The van der Waals surface area contributed by atoms with E-state index in [-0.39, 0.29) is 30.4 Å². The third kappa shape index (κ3) is 5.57. The van der Waals surface area contributed by atoms with E-state index in [1.165, 1.54) is 0 Å². The third-order valence-electron chi connectivity index (χ3n) is 6.84. The lowest BCUT2D eigenvalue weighted by Gasteiger charge is -2.28. The number of ether oxygens (including phenoxy) is 3. The Morgan fingerprint density at radius 3 is 1.74 bits per heavy atom. The smallest absolute Gasteiger partial charge is 0.103 e. The van der Waals surface area contributed by atoms with Crippen molar-refractivity contribution in [3.63, 3.8) is 0 Å². The van der Waals surface area contributed by atoms with Gasteiger partial charge in [-0.3, -0.25) is 4.90 Å². The molecule has 0 aromatic heterocycles. The van der Waals surface area contributed by atoms with Gasteiger partial charge in [0.15, 0.2) is 0 Å². The number of hydrogen-bond donors (Lipinski definition) is 1. The number of rotatable bonds is 10. The summed E-state index contributed by atoms with van der Waals surface area (Å²) in [5, 5.41) is 10.5. The second kappa shape index (κ2) is 11.3. The van der Waals surface area contributed by atoms with Gasteiger partial charge in [-0.05, 0) is 23.1 Å². The van der Waals surface area contributed by atoms with Gasteiger partial charge in [-0.1, -0.05) is 91.0 Å². The maximum Gasteiger partial charge on any atom is 0.103 e. The van der Waals surface area contributed by atoms with Crippen LogP contribution in [0, 0.1) is 0 Å². The normalized spacial score (nSPS) is 26.6. The van der Waals surface area contributed by atoms with E-state index in [1.54, 1.807) is 0 Å². The SMILES string of the molecule is O[C@@H]1C[C@H]2[C@H](OCc3ccccc3)[C@@H](OCc3ccccc3)[C@H](COCc3ccccc3)N2C1. The molecule has 0 aliphatic carbocycles. The van der Waals surface area contributed by atoms with Gasteiger partial charge in [0.05, 0.1) is 38.6 Å². The molecule has 34 heavy (non-hydrogen) atoms. The number of aliphatic hydroxyl groups is 1. The first-order valence-corrected chi connectivity index (χ1v) is 12.1. The second-order valence-electron chi connectivity index (χ2n) is 9.24. The molecule has 5 nitrogen and oxygen atoms in total. The van der Waals surface area contributed by atoms with Crippen LogP contribution in [-0.2, 0) is 34.0 Å². The molecule has 2 fully saturated rings. The topological polar surface area (TPSA) is 51.2 Å². The fourth-order valence-corrected chi connectivity index (χ4v) is 5.21. The summed E-state index contributed by atoms with van der Waals surface area (Å²) in [6, 6.07) is 30.8. The molecule has 0 radical (unpaired) electrons. The summed E-state index contributed by atoms with van der Waals surface area (Å²) in [7, 11) is 0. The molecule has 5 atom stereocenters. The summed E-state index contributed by atoms with van der Waals surface area (Å²) in [5.41, 5.74) is 3.43. The van der Waals surface area contributed by atoms with Crippen LogP contribution in [0.2, 0.25) is 0 Å². The minimum atomic E-state index is -0.348. The van der Waals surface area contributed by atoms with Crippen molar-refractivity contribution in [1.29, 1.82) is 0 Å². The molecule has 2 heterocycles. The highest BCUT2D eigenvalue weighted by atomic mass is 16.5. The summed E-state index contributed by atoms with van der Waals surface area (Å²) < 4.78 is 19.2. The van der Waals surface area contributed by atoms with Gasteiger partial charge in [0.2, 0.25) is 0 Å². The monoisotopic (exact) mass is 459 g/mol. The van der Waals surface area contributed by atoms with Crippen LogP contribution in [0.5, 0.6) is 0 Å². The lowest BCUT2D eigenvalue weighted by Crippen LogP contribution is -2.43. The molecule has 5 heteroatoms. The highest BCUT2D eigenvalue weighted by Gasteiger charge is 2.54. The zero-order valence-electron chi connectivity index (χ0n) is 19.4. The largest absolute Gasteiger partial charge is 0.392 e. The molecule has 3 aromatic carbocycles. The van der Waals surface area contributed by atoms with E-state index in [0.29, 0.717) is 39.4 Å². The molecule has 0 spiro atoms. The molecule has 178 valence electrons. The van der Waals surface area contributed by atoms with Gasteiger partial charge >= 0.3 is 0 Å². The van der Waals surface area contributed by atoms with Crippen molar-refractivity contribution in [2.24, 2.45) is 0 Å². The van der Waals surface area contributed by atoms with Crippen molar-refractivity contribution in [3.05, 3.63) is 108 Å². The van der Waals surface area contributed by atoms with Crippen molar-refractivity contribution in [3.8, 4) is 0 Å². The zero-order valence-corrected chi connectivity index (χ0v) is 19.4. The van der Waals surface area contributed by atoms with E-state index in [4.69, 9.17) is 14.2 Å². The van der Waals surface area contributed by atoms with Crippen LogP contribution < -0.4 is 0 Å². The Balaban J connectivity index is 1.32. The van der Waals surface area contributed by atoms with E-state index in [9.17, 15) is 5.11 Å². The molecule has 2 saturated heterocycles.